The molecule has 1 amide bonds. The molecular weight excluding hydrogens is 316 g/mol. The first-order valence-electron chi connectivity index (χ1n) is 8.09. The predicted molar refractivity (Wildman–Crippen MR) is 87.3 cm³/mol. The standard InChI is InChI=1S/C15H19ClN6O/c1-2-22-13-11(20-15(22)16)12(17-8-18-13)19-10-5-6-21(7-10)14(23)9-3-4-9/h8-10H,2-7H2,1H3,(H,17,18,19)/t10-/m0/s1. The molecular formula is C15H19ClN6O. The summed E-state index contributed by atoms with van der Waals surface area (Å²) in [6, 6.07) is 0.196. The van der Waals surface area contributed by atoms with Gasteiger partial charge in [0.2, 0.25) is 11.2 Å². The number of nitrogens with one attached hydrogen (secondary N) is 1. The van der Waals surface area contributed by atoms with E-state index in [9.17, 15) is 4.79 Å². The predicted octanol–water partition coefficient (Wildman–Crippen LogP) is 1.92. The van der Waals surface area contributed by atoms with Crippen LogP contribution in [0.2, 0.25) is 5.28 Å². The lowest BCUT2D eigenvalue weighted by Crippen LogP contribution is -2.32. The van der Waals surface area contributed by atoms with E-state index in [2.05, 4.69) is 20.3 Å². The minimum atomic E-state index is 0.196. The SMILES string of the molecule is CCn1c(Cl)nc2c(N[C@H]3CCN(C(=O)C4CC4)C3)ncnc21. The maximum atomic E-state index is 12.1. The van der Waals surface area contributed by atoms with Crippen molar-refractivity contribution in [2.24, 2.45) is 5.92 Å². The van der Waals surface area contributed by atoms with Crippen molar-refractivity contribution in [1.82, 2.24) is 24.4 Å². The Balaban J connectivity index is 1.53. The van der Waals surface area contributed by atoms with Crippen LogP contribution in [0, 0.1) is 5.92 Å². The molecule has 23 heavy (non-hydrogen) atoms. The molecule has 2 aromatic heterocycles. The van der Waals surface area contributed by atoms with E-state index in [0.29, 0.717) is 29.1 Å². The number of halogens is 1. The average Bonchev–Trinajstić information content (AvgIpc) is 3.20. The maximum absolute atomic E-state index is 12.1. The van der Waals surface area contributed by atoms with E-state index in [0.717, 1.165) is 38.0 Å². The fourth-order valence-corrected chi connectivity index (χ4v) is 3.44. The quantitative estimate of drug-likeness (QED) is 0.864. The molecule has 0 bridgehead atoms. The van der Waals surface area contributed by atoms with Crippen molar-refractivity contribution in [3.8, 4) is 0 Å². The number of likely N-dealkylation sites (tertiary alicyclic amines) is 1. The van der Waals surface area contributed by atoms with Crippen molar-refractivity contribution in [3.63, 3.8) is 0 Å². The van der Waals surface area contributed by atoms with Crippen molar-refractivity contribution in [2.45, 2.75) is 38.8 Å². The second-order valence-electron chi connectivity index (χ2n) is 6.21. The van der Waals surface area contributed by atoms with Crippen LogP contribution in [0.25, 0.3) is 11.2 Å². The summed E-state index contributed by atoms with van der Waals surface area (Å²) in [6.07, 6.45) is 4.54. The smallest absolute Gasteiger partial charge is 0.225 e. The van der Waals surface area contributed by atoms with E-state index in [1.54, 1.807) is 0 Å². The number of carbonyl (C=O) groups excluding carboxylic acids is 1. The third-order valence-electron chi connectivity index (χ3n) is 4.57. The van der Waals surface area contributed by atoms with E-state index in [1.165, 1.54) is 6.33 Å². The molecule has 2 aromatic rings. The summed E-state index contributed by atoms with van der Waals surface area (Å²) in [6.45, 7) is 4.24. The zero-order chi connectivity index (χ0) is 16.0. The highest BCUT2D eigenvalue weighted by atomic mass is 35.5. The van der Waals surface area contributed by atoms with Crippen molar-refractivity contribution in [1.29, 1.82) is 0 Å². The summed E-state index contributed by atoms with van der Waals surface area (Å²) < 4.78 is 1.85. The second-order valence-corrected chi connectivity index (χ2v) is 6.55. The van der Waals surface area contributed by atoms with Gasteiger partial charge in [0.1, 0.15) is 6.33 Å². The van der Waals surface area contributed by atoms with Gasteiger partial charge in [-0.05, 0) is 37.8 Å². The molecule has 2 fully saturated rings. The number of amides is 1. The van der Waals surface area contributed by atoms with Crippen LogP contribution in [0.15, 0.2) is 6.33 Å². The fraction of sp³-hybridized carbons (Fsp3) is 0.600. The highest BCUT2D eigenvalue weighted by Crippen LogP contribution is 2.32. The molecule has 0 spiro atoms. The van der Waals surface area contributed by atoms with Crippen LogP contribution >= 0.6 is 11.6 Å². The van der Waals surface area contributed by atoms with Gasteiger partial charge < -0.3 is 10.2 Å². The van der Waals surface area contributed by atoms with Gasteiger partial charge in [-0.2, -0.15) is 0 Å². The number of hydrogen-bond acceptors (Lipinski definition) is 5. The van der Waals surface area contributed by atoms with Gasteiger partial charge >= 0.3 is 0 Å². The van der Waals surface area contributed by atoms with E-state index in [-0.39, 0.29) is 12.0 Å². The minimum Gasteiger partial charge on any atom is -0.364 e. The summed E-state index contributed by atoms with van der Waals surface area (Å²) in [5.41, 5.74) is 1.42. The zero-order valence-corrected chi connectivity index (χ0v) is 13.8. The number of fused-ring (bicyclic) bond motifs is 1. The molecule has 1 aliphatic carbocycles. The number of carbonyl (C=O) groups is 1. The van der Waals surface area contributed by atoms with Crippen molar-refractivity contribution in [3.05, 3.63) is 11.6 Å². The fourth-order valence-electron chi connectivity index (χ4n) is 3.16. The normalized spacial score (nSPS) is 21.1. The molecule has 0 aromatic carbocycles. The van der Waals surface area contributed by atoms with Crippen molar-refractivity contribution in [2.75, 3.05) is 18.4 Å². The Morgan fingerprint density at radius 3 is 2.96 bits per heavy atom. The van der Waals surface area contributed by atoms with Gasteiger partial charge in [-0.3, -0.25) is 9.36 Å². The van der Waals surface area contributed by atoms with Crippen LogP contribution < -0.4 is 5.32 Å². The Bertz CT molecular complexity index is 756. The summed E-state index contributed by atoms with van der Waals surface area (Å²) in [5, 5.41) is 3.83. The first kappa shape index (κ1) is 14.7. The molecule has 0 radical (unpaired) electrons. The van der Waals surface area contributed by atoms with Crippen LogP contribution in [0.1, 0.15) is 26.2 Å². The molecule has 0 unspecified atom stereocenters. The monoisotopic (exact) mass is 334 g/mol. The summed E-state index contributed by atoms with van der Waals surface area (Å²) in [4.78, 5) is 27.1. The Hall–Kier alpha value is -1.89. The van der Waals surface area contributed by atoms with Crippen LogP contribution in [0.5, 0.6) is 0 Å². The molecule has 1 atom stereocenters. The molecule has 122 valence electrons. The minimum absolute atomic E-state index is 0.196. The van der Waals surface area contributed by atoms with Crippen molar-refractivity contribution >= 4 is 34.5 Å². The molecule has 1 saturated heterocycles. The van der Waals surface area contributed by atoms with Gasteiger partial charge in [0, 0.05) is 31.6 Å². The Kier molecular flexibility index (Phi) is 3.60. The first-order chi connectivity index (χ1) is 11.2. The molecule has 1 N–H and O–H groups in total. The highest BCUT2D eigenvalue weighted by molar-refractivity contribution is 6.29. The topological polar surface area (TPSA) is 75.9 Å². The van der Waals surface area contributed by atoms with Crippen LogP contribution in [0.4, 0.5) is 5.82 Å². The van der Waals surface area contributed by atoms with Crippen LogP contribution in [-0.4, -0.2) is 49.5 Å². The molecule has 2 aliphatic rings. The molecule has 3 heterocycles. The van der Waals surface area contributed by atoms with Gasteiger partial charge in [-0.15, -0.1) is 0 Å². The van der Waals surface area contributed by atoms with Gasteiger partial charge in [0.25, 0.3) is 0 Å². The van der Waals surface area contributed by atoms with E-state index in [1.807, 2.05) is 16.4 Å². The summed E-state index contributed by atoms with van der Waals surface area (Å²) in [7, 11) is 0. The molecule has 8 heteroatoms. The van der Waals surface area contributed by atoms with Gasteiger partial charge in [0.15, 0.2) is 17.0 Å². The Morgan fingerprint density at radius 1 is 1.39 bits per heavy atom. The lowest BCUT2D eigenvalue weighted by Gasteiger charge is -2.17. The number of hydrogen-bond donors (Lipinski definition) is 1. The Morgan fingerprint density at radius 2 is 2.22 bits per heavy atom. The lowest BCUT2D eigenvalue weighted by atomic mass is 10.2. The number of aromatic nitrogens is 4. The zero-order valence-electron chi connectivity index (χ0n) is 13.0. The Labute approximate surface area is 139 Å². The first-order valence-corrected chi connectivity index (χ1v) is 8.47. The maximum Gasteiger partial charge on any atom is 0.225 e. The van der Waals surface area contributed by atoms with E-state index in [4.69, 9.17) is 11.6 Å². The number of nitrogens with zero attached hydrogens (tertiary/aromatic N) is 5. The van der Waals surface area contributed by atoms with Gasteiger partial charge in [-0.1, -0.05) is 0 Å². The van der Waals surface area contributed by atoms with Gasteiger partial charge in [0.05, 0.1) is 0 Å². The number of anilines is 1. The molecule has 7 nitrogen and oxygen atoms in total. The van der Waals surface area contributed by atoms with E-state index < -0.39 is 0 Å². The summed E-state index contributed by atoms with van der Waals surface area (Å²) >= 11 is 6.17. The largest absolute Gasteiger partial charge is 0.364 e. The number of aryl methyl sites for hydroxylation is 1. The highest BCUT2D eigenvalue weighted by Gasteiger charge is 2.36. The summed E-state index contributed by atoms with van der Waals surface area (Å²) in [5.74, 6) is 1.27. The van der Waals surface area contributed by atoms with E-state index >= 15 is 0 Å². The molecule has 1 aliphatic heterocycles. The molecule has 4 rings (SSSR count). The second kappa shape index (κ2) is 5.63. The number of rotatable bonds is 4. The average molecular weight is 335 g/mol. The third-order valence-corrected chi connectivity index (χ3v) is 4.86. The van der Waals surface area contributed by atoms with Crippen LogP contribution in [-0.2, 0) is 11.3 Å². The molecule has 1 saturated carbocycles. The number of imidazole rings is 1. The lowest BCUT2D eigenvalue weighted by molar-refractivity contribution is -0.131. The van der Waals surface area contributed by atoms with Crippen LogP contribution in [0.3, 0.4) is 0 Å². The van der Waals surface area contributed by atoms with Crippen molar-refractivity contribution < 1.29 is 4.79 Å². The third kappa shape index (κ3) is 2.63. The van der Waals surface area contributed by atoms with Gasteiger partial charge in [-0.25, -0.2) is 15.0 Å².